The van der Waals surface area contributed by atoms with Crippen molar-refractivity contribution in [2.24, 2.45) is 0 Å². The molecule has 0 aromatic carbocycles. The quantitative estimate of drug-likeness (QED) is 0.590. The van der Waals surface area contributed by atoms with Crippen molar-refractivity contribution >= 4 is 33.1 Å². The fraction of sp³-hybridized carbons (Fsp3) is 0.545. The van der Waals surface area contributed by atoms with Crippen LogP contribution in [0, 0.1) is 5.21 Å². The minimum atomic E-state index is -0.756. The Kier molecular flexibility index (Phi) is 2.80. The lowest BCUT2D eigenvalue weighted by molar-refractivity contribution is -0.539. The summed E-state index contributed by atoms with van der Waals surface area (Å²) in [5.74, 6) is 0.196. The van der Waals surface area contributed by atoms with Crippen LogP contribution in [0.4, 0.5) is 0 Å². The van der Waals surface area contributed by atoms with E-state index in [1.165, 1.54) is 11.3 Å². The second-order valence-corrected chi connectivity index (χ2v) is 6.90. The van der Waals surface area contributed by atoms with Gasteiger partial charge in [-0.3, -0.25) is 4.74 Å². The van der Waals surface area contributed by atoms with Gasteiger partial charge in [-0.05, 0) is 55.1 Å². The molecule has 0 N–H and O–H groups in total. The summed E-state index contributed by atoms with van der Waals surface area (Å²) in [6.45, 7) is 7.16. The normalized spacial score (nSPS) is 22.4. The Morgan fingerprint density at radius 2 is 2.00 bits per heavy atom. The Bertz CT molecular complexity index is 493. The molecule has 0 saturated heterocycles. The number of hydrogen-bond acceptors (Lipinski definition) is 3. The summed E-state index contributed by atoms with van der Waals surface area (Å²) in [7, 11) is 0. The van der Waals surface area contributed by atoms with E-state index in [9.17, 15) is 10.4 Å². The highest BCUT2D eigenvalue weighted by Gasteiger charge is 2.60. The average molecular weight is 318 g/mol. The number of halogens is 1. The van der Waals surface area contributed by atoms with Crippen LogP contribution in [0.15, 0.2) is 15.9 Å². The van der Waals surface area contributed by atoms with E-state index in [1.54, 1.807) is 27.7 Å². The molecule has 1 aliphatic heterocycles. The van der Waals surface area contributed by atoms with Gasteiger partial charge in [0.15, 0.2) is 5.54 Å². The Morgan fingerprint density at radius 1 is 1.41 bits per heavy atom. The summed E-state index contributed by atoms with van der Waals surface area (Å²) in [5.41, 5.74) is -1.51. The molecule has 1 aromatic rings. The van der Waals surface area contributed by atoms with Crippen molar-refractivity contribution in [2.75, 3.05) is 0 Å². The predicted molar refractivity (Wildman–Crippen MR) is 70.4 cm³/mol. The molecule has 1 aromatic heterocycles. The van der Waals surface area contributed by atoms with E-state index in [1.807, 2.05) is 11.4 Å². The van der Waals surface area contributed by atoms with Crippen LogP contribution < -0.4 is 0 Å². The number of hydroxylamine groups is 3. The zero-order chi connectivity index (χ0) is 13.0. The lowest BCUT2D eigenvalue weighted by Crippen LogP contribution is -2.53. The van der Waals surface area contributed by atoms with Crippen LogP contribution in [0.25, 0.3) is 0 Å². The molecule has 0 fully saturated rings. The highest BCUT2D eigenvalue weighted by Crippen LogP contribution is 2.39. The maximum Gasteiger partial charge on any atom is 0.328 e. The SMILES string of the molecule is CC1(C)N([O])C(c2sccc2Br)=[N+]([O-])C1(C)C. The van der Waals surface area contributed by atoms with Gasteiger partial charge in [0.1, 0.15) is 10.4 Å². The summed E-state index contributed by atoms with van der Waals surface area (Å²) >= 11 is 4.75. The van der Waals surface area contributed by atoms with Gasteiger partial charge in [-0.15, -0.1) is 11.3 Å². The van der Waals surface area contributed by atoms with Gasteiger partial charge < -0.3 is 5.21 Å². The second-order valence-electron chi connectivity index (χ2n) is 5.13. The van der Waals surface area contributed by atoms with E-state index in [4.69, 9.17) is 0 Å². The third-order valence-corrected chi connectivity index (χ3v) is 5.55. The molecule has 1 aliphatic rings. The summed E-state index contributed by atoms with van der Waals surface area (Å²) in [6.07, 6.45) is 0. The molecule has 0 spiro atoms. The van der Waals surface area contributed by atoms with Crippen molar-refractivity contribution in [1.29, 1.82) is 0 Å². The molecular formula is C11H14BrN2O2S. The van der Waals surface area contributed by atoms with Crippen LogP contribution in [0.5, 0.6) is 0 Å². The van der Waals surface area contributed by atoms with Crippen LogP contribution in [0.2, 0.25) is 0 Å². The number of thiophene rings is 1. The fourth-order valence-electron chi connectivity index (χ4n) is 1.75. The molecule has 17 heavy (non-hydrogen) atoms. The number of amidine groups is 1. The summed E-state index contributed by atoms with van der Waals surface area (Å²) in [6, 6.07) is 1.84. The van der Waals surface area contributed by atoms with E-state index < -0.39 is 11.1 Å². The molecule has 2 heterocycles. The van der Waals surface area contributed by atoms with Crippen molar-refractivity contribution in [2.45, 2.75) is 38.8 Å². The number of rotatable bonds is 1. The van der Waals surface area contributed by atoms with E-state index >= 15 is 0 Å². The van der Waals surface area contributed by atoms with Gasteiger partial charge in [-0.25, -0.2) is 0 Å². The molecule has 0 aliphatic carbocycles. The van der Waals surface area contributed by atoms with Crippen LogP contribution in [0.3, 0.4) is 0 Å². The van der Waals surface area contributed by atoms with Gasteiger partial charge in [0, 0.05) is 9.68 Å². The molecule has 93 valence electrons. The Balaban J connectivity index is 2.63. The predicted octanol–water partition coefficient (Wildman–Crippen LogP) is 2.99. The standard InChI is InChI=1S/C11H14BrN2O2S/c1-10(2)11(3,4)14(16)9(13(10)15)8-7(12)5-6-17-8/h5-6H,1-4H3. The third-order valence-electron chi connectivity index (χ3n) is 3.72. The van der Waals surface area contributed by atoms with Crippen LogP contribution >= 0.6 is 27.3 Å². The van der Waals surface area contributed by atoms with Crippen molar-refractivity contribution in [3.05, 3.63) is 26.0 Å². The lowest BCUT2D eigenvalue weighted by atomic mass is 9.84. The third kappa shape index (κ3) is 1.54. The van der Waals surface area contributed by atoms with Crippen LogP contribution in [0.1, 0.15) is 32.6 Å². The maximum atomic E-state index is 12.3. The van der Waals surface area contributed by atoms with Crippen molar-refractivity contribution in [3.63, 3.8) is 0 Å². The molecule has 0 bridgehead atoms. The number of hydrogen-bond donors (Lipinski definition) is 0. The zero-order valence-corrected chi connectivity index (χ0v) is 12.6. The first-order valence-corrected chi connectivity index (χ1v) is 6.93. The minimum absolute atomic E-state index is 0.196. The Labute approximate surface area is 113 Å². The number of nitrogens with zero attached hydrogens (tertiary/aromatic N) is 2. The summed E-state index contributed by atoms with van der Waals surface area (Å²) in [4.78, 5) is 0.689. The van der Waals surface area contributed by atoms with Crippen molar-refractivity contribution in [3.8, 4) is 0 Å². The van der Waals surface area contributed by atoms with Crippen molar-refractivity contribution in [1.82, 2.24) is 5.06 Å². The topological polar surface area (TPSA) is 49.2 Å². The first-order chi connectivity index (χ1) is 7.71. The summed E-state index contributed by atoms with van der Waals surface area (Å²) in [5, 5.41) is 27.3. The highest BCUT2D eigenvalue weighted by atomic mass is 79.9. The molecule has 1 radical (unpaired) electrons. The van der Waals surface area contributed by atoms with Crippen molar-refractivity contribution < 1.29 is 9.95 Å². The molecule has 6 heteroatoms. The summed E-state index contributed by atoms with van der Waals surface area (Å²) < 4.78 is 1.61. The van der Waals surface area contributed by atoms with Crippen LogP contribution in [-0.2, 0) is 5.21 Å². The van der Waals surface area contributed by atoms with Gasteiger partial charge in [-0.1, -0.05) is 5.06 Å². The van der Waals surface area contributed by atoms with Gasteiger partial charge in [0.25, 0.3) is 0 Å². The Hall–Kier alpha value is -0.590. The first-order valence-electron chi connectivity index (χ1n) is 5.26. The van der Waals surface area contributed by atoms with Crippen LogP contribution in [-0.4, -0.2) is 26.7 Å². The molecule has 0 atom stereocenters. The van der Waals surface area contributed by atoms with Gasteiger partial charge in [0.05, 0.1) is 0 Å². The van der Waals surface area contributed by atoms with E-state index in [0.717, 1.165) is 14.3 Å². The zero-order valence-electron chi connectivity index (χ0n) is 10.2. The monoisotopic (exact) mass is 317 g/mol. The molecule has 0 amide bonds. The minimum Gasteiger partial charge on any atom is -0.714 e. The first kappa shape index (κ1) is 12.9. The smallest absolute Gasteiger partial charge is 0.328 e. The van der Waals surface area contributed by atoms with E-state index in [2.05, 4.69) is 15.9 Å². The molecule has 4 nitrogen and oxygen atoms in total. The largest absolute Gasteiger partial charge is 0.714 e. The molecular weight excluding hydrogens is 304 g/mol. The average Bonchev–Trinajstić information content (AvgIpc) is 2.68. The van der Waals surface area contributed by atoms with Gasteiger partial charge >= 0.3 is 5.84 Å². The fourth-order valence-corrected chi connectivity index (χ4v) is 3.30. The second kappa shape index (κ2) is 3.70. The van der Waals surface area contributed by atoms with Gasteiger partial charge in [-0.2, -0.15) is 0 Å². The van der Waals surface area contributed by atoms with Gasteiger partial charge in [0.2, 0.25) is 0 Å². The maximum absolute atomic E-state index is 12.3. The highest BCUT2D eigenvalue weighted by molar-refractivity contribution is 9.10. The molecule has 2 rings (SSSR count). The molecule has 0 saturated carbocycles. The Morgan fingerprint density at radius 3 is 2.35 bits per heavy atom. The van der Waals surface area contributed by atoms with E-state index in [-0.39, 0.29) is 5.84 Å². The lowest BCUT2D eigenvalue weighted by Gasteiger charge is -2.32. The van der Waals surface area contributed by atoms with E-state index in [0.29, 0.717) is 4.88 Å². The molecule has 0 unspecified atom stereocenters.